The molecule has 2 unspecified atom stereocenters. The summed E-state index contributed by atoms with van der Waals surface area (Å²) in [5, 5.41) is 0.0248. The summed E-state index contributed by atoms with van der Waals surface area (Å²) >= 11 is 9.18. The maximum absolute atomic E-state index is 12.2. The molecule has 2 atom stereocenters. The van der Waals surface area contributed by atoms with Crippen LogP contribution >= 0.6 is 24.8 Å². The molecule has 80 valence electrons. The topological polar surface area (TPSA) is 0 Å². The Morgan fingerprint density at radius 3 is 1.93 bits per heavy atom. The van der Waals surface area contributed by atoms with Gasteiger partial charge in [0.05, 0.1) is 5.56 Å². The summed E-state index contributed by atoms with van der Waals surface area (Å²) in [4.78, 5) is 0.804. The Hall–Kier alpha value is -0.550. The van der Waals surface area contributed by atoms with Gasteiger partial charge in [0.2, 0.25) is 0 Å². The van der Waals surface area contributed by atoms with Crippen LogP contribution in [0.3, 0.4) is 0 Å². The van der Waals surface area contributed by atoms with Gasteiger partial charge in [-0.3, -0.25) is 0 Å². The maximum Gasteiger partial charge on any atom is 0.416 e. The third-order valence-electron chi connectivity index (χ3n) is 2.40. The van der Waals surface area contributed by atoms with E-state index in [4.69, 9.17) is 12.2 Å². The molecular weight excluding hydrogens is 241 g/mol. The minimum Gasteiger partial charge on any atom is -0.170 e. The predicted molar refractivity (Wildman–Crippen MR) is 59.6 cm³/mol. The van der Waals surface area contributed by atoms with Crippen molar-refractivity contribution in [1.82, 2.24) is 0 Å². The molecule has 15 heavy (non-hydrogen) atoms. The van der Waals surface area contributed by atoms with Crippen LogP contribution in [0.1, 0.15) is 17.0 Å². The average Bonchev–Trinajstić information content (AvgIpc) is 2.74. The van der Waals surface area contributed by atoms with E-state index in [1.54, 1.807) is 0 Å². The Kier molecular flexibility index (Phi) is 2.55. The molecule has 0 radical (unpaired) electrons. The summed E-state index contributed by atoms with van der Waals surface area (Å²) < 4.78 is 36.7. The highest BCUT2D eigenvalue weighted by molar-refractivity contribution is 7.88. The minimum absolute atomic E-state index is 0.0248. The third kappa shape index (κ3) is 2.03. The predicted octanol–water partition coefficient (Wildman–Crippen LogP) is 3.47. The Morgan fingerprint density at radius 1 is 1.13 bits per heavy atom. The second-order valence-electron chi connectivity index (χ2n) is 3.44. The Balaban J connectivity index is 2.22. The molecule has 0 spiro atoms. The molecule has 0 nitrogen and oxygen atoms in total. The number of alkyl halides is 3. The second kappa shape index (κ2) is 3.49. The minimum atomic E-state index is -4.27. The van der Waals surface area contributed by atoms with Crippen LogP contribution in [0, 0.1) is 0 Å². The summed E-state index contributed by atoms with van der Waals surface area (Å²) in [5.74, 6) is 0.0469. The first-order chi connectivity index (χ1) is 6.91. The first kappa shape index (κ1) is 11.0. The van der Waals surface area contributed by atoms with E-state index >= 15 is 0 Å². The summed E-state index contributed by atoms with van der Waals surface area (Å²) in [6.07, 6.45) is -4.27. The molecule has 1 aliphatic rings. The second-order valence-corrected chi connectivity index (χ2v) is 4.47. The molecule has 0 aliphatic heterocycles. The van der Waals surface area contributed by atoms with Crippen LogP contribution in [-0.2, 0) is 6.18 Å². The number of halogens is 3. The average molecular weight is 248 g/mol. The fraction of sp³-hybridized carbons (Fsp3) is 0.300. The van der Waals surface area contributed by atoms with Crippen molar-refractivity contribution in [3.63, 3.8) is 0 Å². The standard InChI is InChI=1S/C10H7F3S2/c11-10(12,13)6-3-1-5(2-4-6)7-8(14)9(7)15/h1-4,7-8,14H. The molecule has 1 fully saturated rings. The molecule has 0 N–H and O–H groups in total. The Morgan fingerprint density at radius 2 is 1.60 bits per heavy atom. The van der Waals surface area contributed by atoms with Crippen LogP contribution in [0.15, 0.2) is 24.3 Å². The van der Waals surface area contributed by atoms with Crippen molar-refractivity contribution in [1.29, 1.82) is 0 Å². The quantitative estimate of drug-likeness (QED) is 0.586. The number of hydrogen-bond donors (Lipinski definition) is 1. The summed E-state index contributed by atoms with van der Waals surface area (Å²) in [5.41, 5.74) is 0.182. The first-order valence-corrected chi connectivity index (χ1v) is 5.22. The van der Waals surface area contributed by atoms with Crippen molar-refractivity contribution < 1.29 is 13.2 Å². The fourth-order valence-electron chi connectivity index (χ4n) is 1.45. The van der Waals surface area contributed by atoms with Gasteiger partial charge in [0.1, 0.15) is 0 Å². The van der Waals surface area contributed by atoms with Gasteiger partial charge in [0, 0.05) is 16.0 Å². The van der Waals surface area contributed by atoms with Gasteiger partial charge < -0.3 is 0 Å². The van der Waals surface area contributed by atoms with Crippen molar-refractivity contribution >= 4 is 29.7 Å². The number of rotatable bonds is 1. The van der Waals surface area contributed by atoms with Gasteiger partial charge in [-0.05, 0) is 17.7 Å². The third-order valence-corrected chi connectivity index (χ3v) is 3.66. The zero-order chi connectivity index (χ0) is 11.2. The molecular formula is C10H7F3S2. The van der Waals surface area contributed by atoms with Crippen molar-refractivity contribution in [2.45, 2.75) is 17.3 Å². The lowest BCUT2D eigenvalue weighted by Gasteiger charge is -2.06. The summed E-state index contributed by atoms with van der Waals surface area (Å²) in [6.45, 7) is 0. The highest BCUT2D eigenvalue weighted by atomic mass is 32.1. The number of thiol groups is 1. The molecule has 0 amide bonds. The van der Waals surface area contributed by atoms with Crippen molar-refractivity contribution in [2.75, 3.05) is 0 Å². The molecule has 2 rings (SSSR count). The van der Waals surface area contributed by atoms with Crippen LogP contribution in [-0.4, -0.2) is 10.1 Å². The lowest BCUT2D eigenvalue weighted by Crippen LogP contribution is -2.04. The molecule has 0 heterocycles. The first-order valence-electron chi connectivity index (χ1n) is 4.30. The molecule has 0 bridgehead atoms. The van der Waals surface area contributed by atoms with Gasteiger partial charge in [-0.15, -0.1) is 0 Å². The summed E-state index contributed by atoms with van der Waals surface area (Å²) in [6, 6.07) is 5.10. The van der Waals surface area contributed by atoms with Gasteiger partial charge >= 0.3 is 6.18 Å². The Bertz CT molecular complexity index is 394. The molecule has 0 aromatic heterocycles. The Labute approximate surface area is 95.9 Å². The lowest BCUT2D eigenvalue weighted by molar-refractivity contribution is -0.137. The van der Waals surface area contributed by atoms with E-state index in [1.807, 2.05) is 0 Å². The number of benzene rings is 1. The van der Waals surface area contributed by atoms with Crippen LogP contribution in [0.25, 0.3) is 0 Å². The van der Waals surface area contributed by atoms with E-state index in [9.17, 15) is 13.2 Å². The molecule has 5 heteroatoms. The van der Waals surface area contributed by atoms with E-state index in [-0.39, 0.29) is 11.2 Å². The smallest absolute Gasteiger partial charge is 0.170 e. The van der Waals surface area contributed by atoms with Gasteiger partial charge in [-0.25, -0.2) is 0 Å². The lowest BCUT2D eigenvalue weighted by atomic mass is 10.1. The molecule has 0 saturated heterocycles. The van der Waals surface area contributed by atoms with E-state index in [0.29, 0.717) is 0 Å². The monoisotopic (exact) mass is 248 g/mol. The maximum atomic E-state index is 12.2. The van der Waals surface area contributed by atoms with E-state index in [1.165, 1.54) is 12.1 Å². The zero-order valence-corrected chi connectivity index (χ0v) is 9.16. The van der Waals surface area contributed by atoms with Gasteiger partial charge in [-0.2, -0.15) is 25.8 Å². The molecule has 1 aliphatic carbocycles. The van der Waals surface area contributed by atoms with Crippen LogP contribution in [0.2, 0.25) is 0 Å². The molecule has 1 saturated carbocycles. The van der Waals surface area contributed by atoms with Gasteiger partial charge in [0.25, 0.3) is 0 Å². The SMILES string of the molecule is FC(F)(F)c1ccc(C2C(=S)C2S)cc1. The largest absolute Gasteiger partial charge is 0.416 e. The van der Waals surface area contributed by atoms with E-state index in [2.05, 4.69) is 12.6 Å². The van der Waals surface area contributed by atoms with Crippen LogP contribution in [0.4, 0.5) is 13.2 Å². The molecule has 1 aromatic rings. The van der Waals surface area contributed by atoms with Gasteiger partial charge in [0.15, 0.2) is 0 Å². The molecule has 1 aromatic carbocycles. The van der Waals surface area contributed by atoms with Crippen molar-refractivity contribution in [2.24, 2.45) is 0 Å². The van der Waals surface area contributed by atoms with E-state index < -0.39 is 11.7 Å². The number of hydrogen-bond acceptors (Lipinski definition) is 2. The van der Waals surface area contributed by atoms with Gasteiger partial charge in [-0.1, -0.05) is 24.4 Å². The van der Waals surface area contributed by atoms with E-state index in [0.717, 1.165) is 22.6 Å². The van der Waals surface area contributed by atoms with Crippen LogP contribution in [0.5, 0.6) is 0 Å². The highest BCUT2D eigenvalue weighted by Crippen LogP contribution is 2.42. The summed E-state index contributed by atoms with van der Waals surface area (Å²) in [7, 11) is 0. The highest BCUT2D eigenvalue weighted by Gasteiger charge is 2.43. The number of thiocarbonyl (C=S) groups is 1. The normalized spacial score (nSPS) is 25.5. The van der Waals surface area contributed by atoms with Crippen molar-refractivity contribution in [3.05, 3.63) is 35.4 Å². The zero-order valence-electron chi connectivity index (χ0n) is 7.45. The van der Waals surface area contributed by atoms with Crippen molar-refractivity contribution in [3.8, 4) is 0 Å². The fourth-order valence-corrected chi connectivity index (χ4v) is 2.30. The van der Waals surface area contributed by atoms with Crippen LogP contribution < -0.4 is 0 Å².